The lowest BCUT2D eigenvalue weighted by molar-refractivity contribution is -0.142. The van der Waals surface area contributed by atoms with Crippen LogP contribution in [-0.2, 0) is 17.8 Å². The summed E-state index contributed by atoms with van der Waals surface area (Å²) >= 11 is 12.2. The topological polar surface area (TPSA) is 80.0 Å². The van der Waals surface area contributed by atoms with Crippen LogP contribution in [0.25, 0.3) is 11.0 Å². The number of rotatable bonds is 5. The zero-order valence-electron chi connectivity index (χ0n) is 21.1. The Bertz CT molecular complexity index is 1420. The maximum Gasteiger partial charge on any atom is 0.340 e. The van der Waals surface area contributed by atoms with Gasteiger partial charge in [-0.25, -0.2) is 4.79 Å². The SMILES string of the molecule is Cc1c(CC(=O)N2CC[C@]3(O)CCCC[C@H]3C2)c(=O)oc2c(C)c(OCc3ccc(Cl)cc3Cl)ccc12. The van der Waals surface area contributed by atoms with E-state index in [9.17, 15) is 14.7 Å². The van der Waals surface area contributed by atoms with Crippen molar-refractivity contribution in [2.75, 3.05) is 13.1 Å². The van der Waals surface area contributed by atoms with Gasteiger partial charge in [0.1, 0.15) is 17.9 Å². The molecule has 8 heteroatoms. The number of benzene rings is 2. The minimum Gasteiger partial charge on any atom is -0.488 e. The Morgan fingerprint density at radius 1 is 1.16 bits per heavy atom. The third-order valence-electron chi connectivity index (χ3n) is 8.16. The Morgan fingerprint density at radius 2 is 1.97 bits per heavy atom. The van der Waals surface area contributed by atoms with Crippen LogP contribution >= 0.6 is 23.2 Å². The second-order valence-corrected chi connectivity index (χ2v) is 11.2. The van der Waals surface area contributed by atoms with Gasteiger partial charge >= 0.3 is 5.63 Å². The Labute approximate surface area is 226 Å². The minimum absolute atomic E-state index is 0.0123. The average molecular weight is 544 g/mol. The summed E-state index contributed by atoms with van der Waals surface area (Å²) < 4.78 is 11.7. The fraction of sp³-hybridized carbons (Fsp3) is 0.448. The van der Waals surface area contributed by atoms with Crippen LogP contribution in [0.2, 0.25) is 10.0 Å². The lowest BCUT2D eigenvalue weighted by Crippen LogP contribution is -2.55. The van der Waals surface area contributed by atoms with Crippen molar-refractivity contribution in [1.82, 2.24) is 4.90 Å². The summed E-state index contributed by atoms with van der Waals surface area (Å²) in [7, 11) is 0. The first-order valence-electron chi connectivity index (χ1n) is 12.8. The van der Waals surface area contributed by atoms with Gasteiger partial charge in [0.2, 0.25) is 5.91 Å². The molecule has 37 heavy (non-hydrogen) atoms. The molecule has 2 atom stereocenters. The lowest BCUT2D eigenvalue weighted by atomic mass is 9.71. The van der Waals surface area contributed by atoms with E-state index in [2.05, 4.69) is 0 Å². The molecule has 2 aliphatic rings. The zero-order chi connectivity index (χ0) is 26.3. The molecule has 1 saturated heterocycles. The molecule has 0 radical (unpaired) electrons. The van der Waals surface area contributed by atoms with Crippen LogP contribution in [0.15, 0.2) is 39.5 Å². The van der Waals surface area contributed by atoms with Gasteiger partial charge in [-0.1, -0.05) is 42.1 Å². The molecule has 1 N–H and O–H groups in total. The maximum atomic E-state index is 13.2. The molecular weight excluding hydrogens is 513 g/mol. The molecule has 2 heterocycles. The first kappa shape index (κ1) is 26.1. The number of fused-ring (bicyclic) bond motifs is 2. The number of ether oxygens (including phenoxy) is 1. The van der Waals surface area contributed by atoms with Gasteiger partial charge in [0, 0.05) is 45.6 Å². The molecule has 3 aromatic rings. The normalized spacial score (nSPS) is 21.6. The van der Waals surface area contributed by atoms with Crippen LogP contribution in [0.4, 0.5) is 0 Å². The molecule has 1 saturated carbocycles. The fourth-order valence-electron chi connectivity index (χ4n) is 5.79. The van der Waals surface area contributed by atoms with Crippen LogP contribution in [0.3, 0.4) is 0 Å². The second-order valence-electron chi connectivity index (χ2n) is 10.4. The molecule has 1 amide bonds. The molecule has 6 nitrogen and oxygen atoms in total. The highest BCUT2D eigenvalue weighted by Crippen LogP contribution is 2.40. The number of hydrogen-bond acceptors (Lipinski definition) is 5. The number of hydrogen-bond donors (Lipinski definition) is 1. The average Bonchev–Trinajstić information content (AvgIpc) is 2.86. The molecular formula is C29H31Cl2NO5. The van der Waals surface area contributed by atoms with Crippen LogP contribution < -0.4 is 10.4 Å². The number of likely N-dealkylation sites (tertiary alicyclic amines) is 1. The van der Waals surface area contributed by atoms with Gasteiger partial charge in [-0.3, -0.25) is 4.79 Å². The first-order chi connectivity index (χ1) is 17.7. The molecule has 1 aliphatic carbocycles. The summed E-state index contributed by atoms with van der Waals surface area (Å²) in [6, 6.07) is 8.93. The van der Waals surface area contributed by atoms with Gasteiger partial charge in [0.15, 0.2) is 0 Å². The van der Waals surface area contributed by atoms with Crippen molar-refractivity contribution in [2.24, 2.45) is 5.92 Å². The highest BCUT2D eigenvalue weighted by Gasteiger charge is 2.43. The molecule has 1 aromatic heterocycles. The van der Waals surface area contributed by atoms with Crippen molar-refractivity contribution in [1.29, 1.82) is 0 Å². The van der Waals surface area contributed by atoms with Gasteiger partial charge in [-0.2, -0.15) is 0 Å². The standard InChI is InChI=1S/C29H31Cl2NO5/c1-17-22-8-9-25(36-16-19-6-7-21(30)13-24(19)31)18(2)27(22)37-28(34)23(17)14-26(33)32-12-11-29(35)10-4-3-5-20(29)15-32/h6-9,13,20,35H,3-5,10-12,14-16H2,1-2H3/t20-,29+/m0/s1. The van der Waals surface area contributed by atoms with E-state index in [1.54, 1.807) is 17.0 Å². The molecule has 196 valence electrons. The van der Waals surface area contributed by atoms with Crippen LogP contribution in [0.5, 0.6) is 5.75 Å². The number of nitrogens with zero attached hydrogens (tertiary/aromatic N) is 1. The van der Waals surface area contributed by atoms with Gasteiger partial charge in [0.25, 0.3) is 0 Å². The van der Waals surface area contributed by atoms with E-state index in [-0.39, 0.29) is 24.9 Å². The van der Waals surface area contributed by atoms with Crippen molar-refractivity contribution in [3.63, 3.8) is 0 Å². The Kier molecular flexibility index (Phi) is 7.27. The predicted molar refractivity (Wildman–Crippen MR) is 145 cm³/mol. The number of aryl methyl sites for hydroxylation is 2. The number of aliphatic hydroxyl groups is 1. The van der Waals surface area contributed by atoms with Crippen LogP contribution in [-0.4, -0.2) is 34.6 Å². The van der Waals surface area contributed by atoms with E-state index in [0.717, 1.165) is 42.2 Å². The van der Waals surface area contributed by atoms with E-state index < -0.39 is 11.2 Å². The van der Waals surface area contributed by atoms with E-state index in [4.69, 9.17) is 32.4 Å². The van der Waals surface area contributed by atoms with Gasteiger partial charge in [-0.05, 0) is 62.9 Å². The van der Waals surface area contributed by atoms with Crippen LogP contribution in [0.1, 0.15) is 54.4 Å². The van der Waals surface area contributed by atoms with Gasteiger partial charge < -0.3 is 19.2 Å². The summed E-state index contributed by atoms with van der Waals surface area (Å²) in [5, 5.41) is 12.8. The quantitative estimate of drug-likeness (QED) is 0.399. The van der Waals surface area contributed by atoms with E-state index >= 15 is 0 Å². The Balaban J connectivity index is 1.35. The fourth-order valence-corrected chi connectivity index (χ4v) is 6.25. The van der Waals surface area contributed by atoms with Crippen molar-refractivity contribution >= 4 is 40.1 Å². The largest absolute Gasteiger partial charge is 0.488 e. The van der Waals surface area contributed by atoms with Crippen molar-refractivity contribution in [2.45, 2.75) is 64.6 Å². The lowest BCUT2D eigenvalue weighted by Gasteiger charge is -2.47. The minimum atomic E-state index is -0.650. The van der Waals surface area contributed by atoms with E-state index in [1.807, 2.05) is 32.0 Å². The molecule has 0 spiro atoms. The number of amides is 1. The summed E-state index contributed by atoms with van der Waals surface area (Å²) in [6.45, 7) is 4.99. The predicted octanol–water partition coefficient (Wildman–Crippen LogP) is 5.99. The van der Waals surface area contributed by atoms with Crippen LogP contribution in [0, 0.1) is 19.8 Å². The number of halogens is 2. The number of carbonyl (C=O) groups excluding carboxylic acids is 1. The molecule has 2 aromatic carbocycles. The highest BCUT2D eigenvalue weighted by atomic mass is 35.5. The monoisotopic (exact) mass is 543 g/mol. The van der Waals surface area contributed by atoms with E-state index in [1.165, 1.54) is 0 Å². The summed E-state index contributed by atoms with van der Waals surface area (Å²) in [6.07, 6.45) is 4.45. The maximum absolute atomic E-state index is 13.2. The molecule has 1 aliphatic heterocycles. The number of piperidine rings is 1. The highest BCUT2D eigenvalue weighted by molar-refractivity contribution is 6.35. The molecule has 0 unspecified atom stereocenters. The van der Waals surface area contributed by atoms with Crippen molar-refractivity contribution in [3.8, 4) is 5.75 Å². The summed E-state index contributed by atoms with van der Waals surface area (Å²) in [5.41, 5.74) is 1.90. The zero-order valence-corrected chi connectivity index (χ0v) is 22.6. The third-order valence-corrected chi connectivity index (χ3v) is 8.75. The molecule has 2 fully saturated rings. The van der Waals surface area contributed by atoms with Crippen molar-refractivity contribution in [3.05, 3.63) is 73.1 Å². The van der Waals surface area contributed by atoms with Gasteiger partial charge in [0.05, 0.1) is 17.6 Å². The smallest absolute Gasteiger partial charge is 0.340 e. The summed E-state index contributed by atoms with van der Waals surface area (Å²) in [4.78, 5) is 28.0. The number of carbonyl (C=O) groups is 1. The Morgan fingerprint density at radius 3 is 2.76 bits per heavy atom. The van der Waals surface area contributed by atoms with Crippen molar-refractivity contribution < 1.29 is 19.1 Å². The second kappa shape index (κ2) is 10.3. The molecule has 5 rings (SSSR count). The first-order valence-corrected chi connectivity index (χ1v) is 13.5. The van der Waals surface area contributed by atoms with Gasteiger partial charge in [-0.15, -0.1) is 0 Å². The molecule has 0 bridgehead atoms. The third kappa shape index (κ3) is 5.12. The van der Waals surface area contributed by atoms with E-state index in [0.29, 0.717) is 52.0 Å². The Hall–Kier alpha value is -2.54. The summed E-state index contributed by atoms with van der Waals surface area (Å²) in [5.74, 6) is 0.592.